The van der Waals surface area contributed by atoms with Crippen LogP contribution in [0.5, 0.6) is 5.75 Å². The molecule has 0 fully saturated rings. The molecule has 3 rings (SSSR count). The average Bonchev–Trinajstić information content (AvgIpc) is 2.53. The average molecular weight is 297 g/mol. The second kappa shape index (κ2) is 5.33. The molecule has 1 aromatic heterocycles. The van der Waals surface area contributed by atoms with Gasteiger partial charge in [-0.15, -0.1) is 0 Å². The lowest BCUT2D eigenvalue weighted by molar-refractivity contribution is -0.384. The van der Waals surface area contributed by atoms with Crippen LogP contribution in [-0.4, -0.2) is 12.0 Å². The maximum Gasteiger partial charge on any atom is 0.344 e. The van der Waals surface area contributed by atoms with E-state index in [4.69, 9.17) is 9.15 Å². The van der Waals surface area contributed by atoms with Gasteiger partial charge in [0.05, 0.1) is 17.6 Å². The highest BCUT2D eigenvalue weighted by molar-refractivity contribution is 5.83. The van der Waals surface area contributed by atoms with E-state index in [0.29, 0.717) is 16.9 Å². The number of fused-ring (bicyclic) bond motifs is 1. The lowest BCUT2D eigenvalue weighted by atomic mass is 10.0. The lowest BCUT2D eigenvalue weighted by Gasteiger charge is -2.08. The van der Waals surface area contributed by atoms with Crippen LogP contribution in [-0.2, 0) is 0 Å². The summed E-state index contributed by atoms with van der Waals surface area (Å²) < 4.78 is 10.5. The molecule has 1 heterocycles. The van der Waals surface area contributed by atoms with Crippen molar-refractivity contribution in [1.82, 2.24) is 0 Å². The quantitative estimate of drug-likeness (QED) is 0.420. The summed E-state index contributed by atoms with van der Waals surface area (Å²) in [6, 6.07) is 12.8. The van der Waals surface area contributed by atoms with Crippen LogP contribution >= 0.6 is 0 Å². The smallest absolute Gasteiger partial charge is 0.344 e. The number of methoxy groups -OCH3 is 1. The highest BCUT2D eigenvalue weighted by Gasteiger charge is 2.17. The molecule has 0 amide bonds. The van der Waals surface area contributed by atoms with Crippen LogP contribution in [0.25, 0.3) is 22.1 Å². The largest absolute Gasteiger partial charge is 0.496 e. The van der Waals surface area contributed by atoms with E-state index in [1.54, 1.807) is 24.3 Å². The zero-order valence-electron chi connectivity index (χ0n) is 11.6. The zero-order valence-corrected chi connectivity index (χ0v) is 11.6. The van der Waals surface area contributed by atoms with Crippen molar-refractivity contribution in [2.75, 3.05) is 7.11 Å². The van der Waals surface area contributed by atoms with Crippen LogP contribution in [0, 0.1) is 10.1 Å². The van der Waals surface area contributed by atoms with Crippen molar-refractivity contribution in [3.63, 3.8) is 0 Å². The first-order valence-electron chi connectivity index (χ1n) is 6.46. The molecule has 0 saturated heterocycles. The Balaban J connectivity index is 2.30. The zero-order chi connectivity index (χ0) is 15.7. The molecule has 2 aromatic carbocycles. The summed E-state index contributed by atoms with van der Waals surface area (Å²) >= 11 is 0. The number of hydrogen-bond acceptors (Lipinski definition) is 5. The minimum absolute atomic E-state index is 0.122. The molecule has 0 N–H and O–H groups in total. The lowest BCUT2D eigenvalue weighted by Crippen LogP contribution is -2.04. The number of hydrogen-bond donors (Lipinski definition) is 0. The minimum atomic E-state index is -0.572. The van der Waals surface area contributed by atoms with Crippen LogP contribution < -0.4 is 10.4 Å². The Hall–Kier alpha value is -3.15. The number of nitro groups is 1. The molecule has 0 radical (unpaired) electrons. The van der Waals surface area contributed by atoms with E-state index in [1.807, 2.05) is 6.07 Å². The number of rotatable bonds is 3. The summed E-state index contributed by atoms with van der Waals surface area (Å²) in [5, 5.41) is 11.7. The van der Waals surface area contributed by atoms with Gasteiger partial charge in [0.2, 0.25) is 0 Å². The van der Waals surface area contributed by atoms with E-state index in [9.17, 15) is 14.9 Å². The highest BCUT2D eigenvalue weighted by Crippen LogP contribution is 2.32. The number of para-hydroxylation sites is 1. The molecule has 0 spiro atoms. The van der Waals surface area contributed by atoms with Gasteiger partial charge in [0.15, 0.2) is 0 Å². The Bertz CT molecular complexity index is 929. The van der Waals surface area contributed by atoms with Gasteiger partial charge in [-0.2, -0.15) is 0 Å². The van der Waals surface area contributed by atoms with Gasteiger partial charge in [0, 0.05) is 23.1 Å². The Kier molecular flexibility index (Phi) is 3.34. The number of benzene rings is 2. The maximum absolute atomic E-state index is 12.2. The molecule has 0 saturated carbocycles. The van der Waals surface area contributed by atoms with Crippen molar-refractivity contribution in [3.8, 4) is 16.9 Å². The van der Waals surface area contributed by atoms with Crippen molar-refractivity contribution in [1.29, 1.82) is 0 Å². The Labute approximate surface area is 124 Å². The maximum atomic E-state index is 12.2. The number of nitrogens with zero attached hydrogens (tertiary/aromatic N) is 1. The summed E-state index contributed by atoms with van der Waals surface area (Å²) in [5.74, 6) is 0.369. The van der Waals surface area contributed by atoms with Crippen molar-refractivity contribution < 1.29 is 14.1 Å². The Morgan fingerprint density at radius 3 is 2.59 bits per heavy atom. The van der Waals surface area contributed by atoms with Crippen LogP contribution in [0.2, 0.25) is 0 Å². The van der Waals surface area contributed by atoms with Gasteiger partial charge >= 0.3 is 5.63 Å². The summed E-state index contributed by atoms with van der Waals surface area (Å²) in [6.07, 6.45) is 0. The van der Waals surface area contributed by atoms with Gasteiger partial charge in [-0.1, -0.05) is 18.2 Å². The molecular weight excluding hydrogens is 286 g/mol. The van der Waals surface area contributed by atoms with E-state index in [0.717, 1.165) is 5.39 Å². The van der Waals surface area contributed by atoms with Gasteiger partial charge in [0.1, 0.15) is 11.3 Å². The van der Waals surface area contributed by atoms with Crippen molar-refractivity contribution in [2.24, 2.45) is 0 Å². The predicted octanol–water partition coefficient (Wildman–Crippen LogP) is 3.38. The fourth-order valence-electron chi connectivity index (χ4n) is 2.27. The first-order valence-corrected chi connectivity index (χ1v) is 6.46. The van der Waals surface area contributed by atoms with Crippen LogP contribution in [0.15, 0.2) is 57.7 Å². The summed E-state index contributed by atoms with van der Waals surface area (Å²) in [5.41, 5.74) is 0.317. The number of non-ortho nitro benzene ring substituents is 1. The molecule has 110 valence electrons. The van der Waals surface area contributed by atoms with Crippen molar-refractivity contribution in [2.45, 2.75) is 0 Å². The van der Waals surface area contributed by atoms with Gasteiger partial charge in [0.25, 0.3) is 5.69 Å². The molecule has 3 aromatic rings. The topological polar surface area (TPSA) is 82.6 Å². The molecule has 0 unspecified atom stereocenters. The second-order valence-corrected chi connectivity index (χ2v) is 4.63. The summed E-state index contributed by atoms with van der Waals surface area (Å²) in [6.45, 7) is 0. The predicted molar refractivity (Wildman–Crippen MR) is 81.1 cm³/mol. The molecule has 6 nitrogen and oxygen atoms in total. The molecular formula is C16H11NO5. The molecule has 0 bridgehead atoms. The first kappa shape index (κ1) is 13.8. The molecule has 6 heteroatoms. The van der Waals surface area contributed by atoms with E-state index >= 15 is 0 Å². The van der Waals surface area contributed by atoms with E-state index in [2.05, 4.69) is 0 Å². The molecule has 22 heavy (non-hydrogen) atoms. The third kappa shape index (κ3) is 2.31. The third-order valence-corrected chi connectivity index (χ3v) is 3.33. The van der Waals surface area contributed by atoms with Crippen LogP contribution in [0.4, 0.5) is 5.69 Å². The van der Waals surface area contributed by atoms with E-state index in [-0.39, 0.29) is 11.3 Å². The van der Waals surface area contributed by atoms with Gasteiger partial charge in [-0.3, -0.25) is 10.1 Å². The van der Waals surface area contributed by atoms with Crippen molar-refractivity contribution >= 4 is 16.7 Å². The normalized spacial score (nSPS) is 10.6. The fourth-order valence-corrected chi connectivity index (χ4v) is 2.27. The summed E-state index contributed by atoms with van der Waals surface area (Å²) in [7, 11) is 1.44. The summed E-state index contributed by atoms with van der Waals surface area (Å²) in [4.78, 5) is 22.6. The highest BCUT2D eigenvalue weighted by atomic mass is 16.6. The van der Waals surface area contributed by atoms with Gasteiger partial charge in [-0.05, 0) is 18.2 Å². The monoisotopic (exact) mass is 297 g/mol. The SMILES string of the molecule is COc1ccc([N+](=O)[O-])cc1-c1cc2ccccc2oc1=O. The van der Waals surface area contributed by atoms with Crippen LogP contribution in [0.1, 0.15) is 0 Å². The number of ether oxygens (including phenoxy) is 1. The second-order valence-electron chi connectivity index (χ2n) is 4.63. The molecule has 0 aliphatic rings. The first-order chi connectivity index (χ1) is 10.6. The van der Waals surface area contributed by atoms with Gasteiger partial charge in [-0.25, -0.2) is 4.79 Å². The van der Waals surface area contributed by atoms with Crippen molar-refractivity contribution in [3.05, 3.63) is 69.1 Å². The van der Waals surface area contributed by atoms with Gasteiger partial charge < -0.3 is 9.15 Å². The third-order valence-electron chi connectivity index (χ3n) is 3.33. The standard InChI is InChI=1S/C16H11NO5/c1-21-15-7-6-11(17(19)20)9-12(15)13-8-10-4-2-3-5-14(10)22-16(13)18/h2-9H,1H3. The Morgan fingerprint density at radius 2 is 1.86 bits per heavy atom. The number of nitro benzene ring substituents is 1. The molecule has 0 aliphatic heterocycles. The fraction of sp³-hybridized carbons (Fsp3) is 0.0625. The molecule has 0 aliphatic carbocycles. The van der Waals surface area contributed by atoms with E-state index < -0.39 is 10.5 Å². The van der Waals surface area contributed by atoms with E-state index in [1.165, 1.54) is 25.3 Å². The van der Waals surface area contributed by atoms with Crippen LogP contribution in [0.3, 0.4) is 0 Å². The minimum Gasteiger partial charge on any atom is -0.496 e. The molecule has 0 atom stereocenters. The Morgan fingerprint density at radius 1 is 1.09 bits per heavy atom.